The lowest BCUT2D eigenvalue weighted by Crippen LogP contribution is -2.41. The van der Waals surface area contributed by atoms with Crippen LogP contribution in [0.5, 0.6) is 0 Å². The van der Waals surface area contributed by atoms with Crippen molar-refractivity contribution in [2.24, 2.45) is 5.92 Å². The number of carbonyl (C=O) groups is 1. The third kappa shape index (κ3) is 3.20. The quantitative estimate of drug-likeness (QED) is 0.768. The number of para-hydroxylation sites is 1. The van der Waals surface area contributed by atoms with E-state index in [1.165, 1.54) is 24.4 Å². The molecule has 0 unspecified atom stereocenters. The number of halogens is 1. The van der Waals surface area contributed by atoms with Crippen LogP contribution in [-0.2, 0) is 14.6 Å². The Kier molecular flexibility index (Phi) is 4.71. The lowest BCUT2D eigenvalue weighted by molar-refractivity contribution is -0.127. The molecule has 2 heterocycles. The fourth-order valence-electron chi connectivity index (χ4n) is 3.61. The van der Waals surface area contributed by atoms with Gasteiger partial charge in [0.1, 0.15) is 5.82 Å². The van der Waals surface area contributed by atoms with E-state index in [4.69, 9.17) is 0 Å². The molecule has 0 radical (unpaired) electrons. The first kappa shape index (κ1) is 18.7. The van der Waals surface area contributed by atoms with Gasteiger partial charge in [-0.1, -0.05) is 19.1 Å². The number of anilines is 2. The Morgan fingerprint density at radius 2 is 1.68 bits per heavy atom. The normalized spacial score (nSPS) is 19.1. The van der Waals surface area contributed by atoms with Gasteiger partial charge in [-0.2, -0.15) is 0 Å². The van der Waals surface area contributed by atoms with Gasteiger partial charge >= 0.3 is 0 Å². The average molecular weight is 400 g/mol. The first-order valence-corrected chi connectivity index (χ1v) is 10.8. The highest BCUT2D eigenvalue weighted by Crippen LogP contribution is 2.40. The first-order chi connectivity index (χ1) is 13.4. The van der Waals surface area contributed by atoms with Crippen LogP contribution >= 0.6 is 0 Å². The zero-order valence-corrected chi connectivity index (χ0v) is 16.3. The van der Waals surface area contributed by atoms with Crippen LogP contribution in [0.15, 0.2) is 64.5 Å². The lowest BCUT2D eigenvalue weighted by atomic mass is 9.99. The minimum atomic E-state index is -3.94. The van der Waals surface area contributed by atoms with E-state index in [-0.39, 0.29) is 15.6 Å². The smallest absolute Gasteiger partial charge is 0.267 e. The fourth-order valence-corrected chi connectivity index (χ4v) is 5.15. The summed E-state index contributed by atoms with van der Waals surface area (Å²) >= 11 is 0. The van der Waals surface area contributed by atoms with Crippen LogP contribution in [0.3, 0.4) is 0 Å². The molecule has 0 aromatic heterocycles. The van der Waals surface area contributed by atoms with E-state index in [1.807, 2.05) is 0 Å². The minimum Gasteiger partial charge on any atom is -0.338 e. The summed E-state index contributed by atoms with van der Waals surface area (Å²) in [5, 5.41) is 0. The third-order valence-electron chi connectivity index (χ3n) is 5.34. The second-order valence-electron chi connectivity index (χ2n) is 7.29. The van der Waals surface area contributed by atoms with Crippen LogP contribution in [-0.4, -0.2) is 32.3 Å². The van der Waals surface area contributed by atoms with Gasteiger partial charge in [0.25, 0.3) is 5.91 Å². The summed E-state index contributed by atoms with van der Waals surface area (Å²) in [6.45, 7) is 3.22. The second-order valence-corrected chi connectivity index (χ2v) is 9.17. The van der Waals surface area contributed by atoms with Gasteiger partial charge in [0.05, 0.1) is 10.6 Å². The molecule has 146 valence electrons. The highest BCUT2D eigenvalue weighted by atomic mass is 32.2. The van der Waals surface area contributed by atoms with Crippen LogP contribution in [0.25, 0.3) is 0 Å². The predicted molar refractivity (Wildman–Crippen MR) is 105 cm³/mol. The van der Waals surface area contributed by atoms with Crippen LogP contribution < -0.4 is 4.90 Å². The molecule has 28 heavy (non-hydrogen) atoms. The van der Waals surface area contributed by atoms with E-state index in [1.54, 1.807) is 40.1 Å². The summed E-state index contributed by atoms with van der Waals surface area (Å²) in [5.41, 5.74) is 1.03. The lowest BCUT2D eigenvalue weighted by Gasteiger charge is -2.33. The van der Waals surface area contributed by atoms with E-state index in [2.05, 4.69) is 6.92 Å². The number of hydrogen-bond donors (Lipinski definition) is 0. The van der Waals surface area contributed by atoms with Crippen molar-refractivity contribution in [1.29, 1.82) is 0 Å². The van der Waals surface area contributed by atoms with Gasteiger partial charge in [0.2, 0.25) is 9.84 Å². The van der Waals surface area contributed by atoms with Crippen molar-refractivity contribution >= 4 is 27.1 Å². The largest absolute Gasteiger partial charge is 0.338 e. The maximum Gasteiger partial charge on any atom is 0.267 e. The van der Waals surface area contributed by atoms with Gasteiger partial charge < -0.3 is 9.80 Å². The molecule has 1 saturated heterocycles. The molecule has 2 aromatic rings. The minimum absolute atomic E-state index is 0.0792. The van der Waals surface area contributed by atoms with E-state index in [0.29, 0.717) is 30.4 Å². The summed E-state index contributed by atoms with van der Waals surface area (Å²) in [6.07, 6.45) is 3.08. The summed E-state index contributed by atoms with van der Waals surface area (Å²) in [6, 6.07) is 12.3. The zero-order chi connectivity index (χ0) is 19.9. The number of benzene rings is 2. The molecule has 2 aliphatic rings. The summed E-state index contributed by atoms with van der Waals surface area (Å²) in [5.74, 6) is -0.338. The van der Waals surface area contributed by atoms with Gasteiger partial charge in [0.15, 0.2) is 4.91 Å². The third-order valence-corrected chi connectivity index (χ3v) is 7.12. The molecule has 0 spiro atoms. The molecule has 2 aromatic carbocycles. The summed E-state index contributed by atoms with van der Waals surface area (Å²) < 4.78 is 39.7. The van der Waals surface area contributed by atoms with E-state index < -0.39 is 15.7 Å². The zero-order valence-electron chi connectivity index (χ0n) is 15.5. The summed E-state index contributed by atoms with van der Waals surface area (Å²) in [4.78, 5) is 16.2. The van der Waals surface area contributed by atoms with Gasteiger partial charge in [-0.25, -0.2) is 12.8 Å². The van der Waals surface area contributed by atoms with Gasteiger partial charge in [-0.05, 0) is 55.2 Å². The number of sulfone groups is 1. The molecule has 4 rings (SSSR count). The molecule has 0 saturated carbocycles. The number of nitrogens with zero attached hydrogens (tertiary/aromatic N) is 2. The van der Waals surface area contributed by atoms with Crippen LogP contribution in [0.2, 0.25) is 0 Å². The molecular formula is C21H21FN2O3S. The maximum atomic E-state index is 13.4. The molecule has 0 atom stereocenters. The molecule has 0 aliphatic carbocycles. The SMILES string of the molecule is CC1CCN(C(=O)C2=CN(c3ccc(F)cc3)c3ccccc3S2(=O)=O)CC1. The maximum absolute atomic E-state index is 13.4. The van der Waals surface area contributed by atoms with Crippen molar-refractivity contribution in [1.82, 2.24) is 4.90 Å². The number of amides is 1. The molecule has 2 aliphatic heterocycles. The van der Waals surface area contributed by atoms with Crippen molar-refractivity contribution in [3.8, 4) is 0 Å². The standard InChI is InChI=1S/C21H21FN2O3S/c1-15-10-12-23(13-11-15)21(25)20-14-24(17-8-6-16(22)7-9-17)18-4-2-3-5-19(18)28(20,26)27/h2-9,14-15H,10-13H2,1H3. The Bertz CT molecular complexity index is 1040. The van der Waals surface area contributed by atoms with E-state index >= 15 is 0 Å². The number of carbonyl (C=O) groups excluding carboxylic acids is 1. The number of fused-ring (bicyclic) bond motifs is 1. The average Bonchev–Trinajstić information content (AvgIpc) is 2.69. The molecule has 0 N–H and O–H groups in total. The Morgan fingerprint density at radius 3 is 2.36 bits per heavy atom. The Hall–Kier alpha value is -2.67. The van der Waals surface area contributed by atoms with E-state index in [9.17, 15) is 17.6 Å². The fraction of sp³-hybridized carbons (Fsp3) is 0.286. The van der Waals surface area contributed by atoms with Crippen molar-refractivity contribution in [3.63, 3.8) is 0 Å². The molecule has 1 fully saturated rings. The van der Waals surface area contributed by atoms with Crippen LogP contribution in [0.1, 0.15) is 19.8 Å². The van der Waals surface area contributed by atoms with Crippen LogP contribution in [0.4, 0.5) is 15.8 Å². The summed E-state index contributed by atoms with van der Waals surface area (Å²) in [7, 11) is -3.94. The Balaban J connectivity index is 1.80. The topological polar surface area (TPSA) is 57.7 Å². The molecule has 5 nitrogen and oxygen atoms in total. The van der Waals surface area contributed by atoms with Crippen molar-refractivity contribution in [2.45, 2.75) is 24.7 Å². The number of piperidine rings is 1. The van der Waals surface area contributed by atoms with Crippen molar-refractivity contribution < 1.29 is 17.6 Å². The Labute approximate surface area is 164 Å². The number of likely N-dealkylation sites (tertiary alicyclic amines) is 1. The van der Waals surface area contributed by atoms with Crippen LogP contribution in [0, 0.1) is 11.7 Å². The molecule has 1 amide bonds. The van der Waals surface area contributed by atoms with Gasteiger partial charge in [0, 0.05) is 25.0 Å². The molecule has 0 bridgehead atoms. The molecular weight excluding hydrogens is 379 g/mol. The predicted octanol–water partition coefficient (Wildman–Crippen LogP) is 3.85. The van der Waals surface area contributed by atoms with E-state index in [0.717, 1.165) is 12.8 Å². The highest BCUT2D eigenvalue weighted by molar-refractivity contribution is 7.96. The number of hydrogen-bond acceptors (Lipinski definition) is 4. The first-order valence-electron chi connectivity index (χ1n) is 9.28. The number of rotatable bonds is 2. The Morgan fingerprint density at radius 1 is 1.04 bits per heavy atom. The van der Waals surface area contributed by atoms with Crippen molar-refractivity contribution in [2.75, 3.05) is 18.0 Å². The van der Waals surface area contributed by atoms with Gasteiger partial charge in [-0.3, -0.25) is 4.79 Å². The highest BCUT2D eigenvalue weighted by Gasteiger charge is 2.38. The second kappa shape index (κ2) is 7.05. The monoisotopic (exact) mass is 400 g/mol. The van der Waals surface area contributed by atoms with Gasteiger partial charge in [-0.15, -0.1) is 0 Å². The molecule has 7 heteroatoms. The van der Waals surface area contributed by atoms with Crippen molar-refractivity contribution in [3.05, 3.63) is 65.5 Å².